The van der Waals surface area contributed by atoms with Gasteiger partial charge in [-0.3, -0.25) is 14.4 Å². The van der Waals surface area contributed by atoms with Crippen molar-refractivity contribution in [3.05, 3.63) is 51.8 Å². The number of hydrogen-bond donors (Lipinski definition) is 0. The molecule has 1 heterocycles. The SMILES string of the molecule is CN(CC(=O)c1cc(Cl)ccc1Cl)Cc1cnn(C)c1. The van der Waals surface area contributed by atoms with Crippen molar-refractivity contribution in [3.8, 4) is 0 Å². The van der Waals surface area contributed by atoms with Crippen molar-refractivity contribution in [1.82, 2.24) is 14.7 Å². The molecule has 0 unspecified atom stereocenters. The lowest BCUT2D eigenvalue weighted by Gasteiger charge is -2.15. The van der Waals surface area contributed by atoms with Gasteiger partial charge >= 0.3 is 0 Å². The molecule has 6 heteroatoms. The molecule has 0 N–H and O–H groups in total. The maximum atomic E-state index is 12.2. The minimum Gasteiger partial charge on any atom is -0.294 e. The molecule has 0 saturated heterocycles. The van der Waals surface area contributed by atoms with Crippen LogP contribution in [-0.2, 0) is 13.6 Å². The van der Waals surface area contributed by atoms with Crippen LogP contribution in [-0.4, -0.2) is 34.1 Å². The van der Waals surface area contributed by atoms with Gasteiger partial charge in [-0.1, -0.05) is 23.2 Å². The summed E-state index contributed by atoms with van der Waals surface area (Å²) in [5.74, 6) is -0.0520. The summed E-state index contributed by atoms with van der Waals surface area (Å²) in [5.41, 5.74) is 1.51. The van der Waals surface area contributed by atoms with Crippen molar-refractivity contribution >= 4 is 29.0 Å². The van der Waals surface area contributed by atoms with Crippen molar-refractivity contribution in [1.29, 1.82) is 0 Å². The Morgan fingerprint density at radius 1 is 1.40 bits per heavy atom. The van der Waals surface area contributed by atoms with Gasteiger partial charge in [0.15, 0.2) is 5.78 Å². The van der Waals surface area contributed by atoms with Crippen LogP contribution in [0.1, 0.15) is 15.9 Å². The normalized spacial score (nSPS) is 11.1. The number of halogens is 2. The Morgan fingerprint density at radius 2 is 2.15 bits per heavy atom. The van der Waals surface area contributed by atoms with Crippen molar-refractivity contribution < 1.29 is 4.79 Å². The van der Waals surface area contributed by atoms with E-state index >= 15 is 0 Å². The van der Waals surface area contributed by atoms with Gasteiger partial charge in [0.25, 0.3) is 0 Å². The number of aromatic nitrogens is 2. The molecule has 1 aromatic carbocycles. The summed E-state index contributed by atoms with van der Waals surface area (Å²) in [6.45, 7) is 0.923. The fourth-order valence-corrected chi connectivity index (χ4v) is 2.36. The Morgan fingerprint density at radius 3 is 2.80 bits per heavy atom. The first kappa shape index (κ1) is 15.0. The highest BCUT2D eigenvalue weighted by Crippen LogP contribution is 2.21. The summed E-state index contributed by atoms with van der Waals surface area (Å²) in [6.07, 6.45) is 3.71. The van der Waals surface area contributed by atoms with Crippen LogP contribution < -0.4 is 0 Å². The predicted molar refractivity (Wildman–Crippen MR) is 80.3 cm³/mol. The molecule has 0 aliphatic carbocycles. The van der Waals surface area contributed by atoms with Crippen LogP contribution in [0.5, 0.6) is 0 Å². The van der Waals surface area contributed by atoms with E-state index in [2.05, 4.69) is 5.10 Å². The van der Waals surface area contributed by atoms with Gasteiger partial charge in [0.2, 0.25) is 0 Å². The minimum absolute atomic E-state index is 0.0520. The number of carbonyl (C=O) groups is 1. The van der Waals surface area contributed by atoms with E-state index in [0.717, 1.165) is 5.56 Å². The lowest BCUT2D eigenvalue weighted by Crippen LogP contribution is -2.25. The highest BCUT2D eigenvalue weighted by Gasteiger charge is 2.14. The molecule has 0 amide bonds. The fourth-order valence-electron chi connectivity index (χ4n) is 1.96. The standard InChI is InChI=1S/C14H15Cl2N3O/c1-18(7-10-6-17-19(2)8-10)9-14(20)12-5-11(15)3-4-13(12)16/h3-6,8H,7,9H2,1-2H3. The summed E-state index contributed by atoms with van der Waals surface area (Å²) in [6, 6.07) is 4.91. The summed E-state index contributed by atoms with van der Waals surface area (Å²) >= 11 is 11.9. The van der Waals surface area contributed by atoms with Gasteiger partial charge in [0.1, 0.15) is 0 Å². The van der Waals surface area contributed by atoms with E-state index in [0.29, 0.717) is 22.2 Å². The highest BCUT2D eigenvalue weighted by atomic mass is 35.5. The lowest BCUT2D eigenvalue weighted by atomic mass is 10.1. The second-order valence-electron chi connectivity index (χ2n) is 4.74. The average Bonchev–Trinajstić information content (AvgIpc) is 2.77. The topological polar surface area (TPSA) is 38.1 Å². The van der Waals surface area contributed by atoms with E-state index in [1.807, 2.05) is 25.2 Å². The number of benzene rings is 1. The van der Waals surface area contributed by atoms with E-state index in [9.17, 15) is 4.79 Å². The predicted octanol–water partition coefficient (Wildman–Crippen LogP) is 3.04. The Kier molecular flexibility index (Phi) is 4.81. The van der Waals surface area contributed by atoms with Crippen LogP contribution >= 0.6 is 23.2 Å². The first-order valence-corrected chi connectivity index (χ1v) is 6.85. The average molecular weight is 312 g/mol. The molecule has 4 nitrogen and oxygen atoms in total. The van der Waals surface area contributed by atoms with Gasteiger partial charge < -0.3 is 0 Å². The molecule has 1 aromatic heterocycles. The number of likely N-dealkylation sites (N-methyl/N-ethyl adjacent to an activating group) is 1. The molecule has 0 atom stereocenters. The van der Waals surface area contributed by atoms with Gasteiger partial charge in [-0.2, -0.15) is 5.10 Å². The Hall–Kier alpha value is -1.36. The van der Waals surface area contributed by atoms with Gasteiger partial charge in [0, 0.05) is 35.9 Å². The van der Waals surface area contributed by atoms with Gasteiger partial charge in [0.05, 0.1) is 17.8 Å². The van der Waals surface area contributed by atoms with Crippen LogP contribution in [0.25, 0.3) is 0 Å². The van der Waals surface area contributed by atoms with Crippen LogP contribution in [0.2, 0.25) is 10.0 Å². The smallest absolute Gasteiger partial charge is 0.178 e. The third kappa shape index (κ3) is 3.82. The van der Waals surface area contributed by atoms with Crippen LogP contribution in [0, 0.1) is 0 Å². The van der Waals surface area contributed by atoms with E-state index in [-0.39, 0.29) is 12.3 Å². The van der Waals surface area contributed by atoms with Crippen molar-refractivity contribution in [3.63, 3.8) is 0 Å². The molecule has 0 fully saturated rings. The highest BCUT2D eigenvalue weighted by molar-refractivity contribution is 6.36. The molecule has 2 aromatic rings. The molecule has 20 heavy (non-hydrogen) atoms. The summed E-state index contributed by atoms with van der Waals surface area (Å²) in [7, 11) is 3.74. The summed E-state index contributed by atoms with van der Waals surface area (Å²) < 4.78 is 1.73. The summed E-state index contributed by atoms with van der Waals surface area (Å²) in [5, 5.41) is 5.03. The monoisotopic (exact) mass is 311 g/mol. The zero-order chi connectivity index (χ0) is 14.7. The molecule has 0 bridgehead atoms. The molecule has 0 radical (unpaired) electrons. The largest absolute Gasteiger partial charge is 0.294 e. The van der Waals surface area contributed by atoms with Crippen molar-refractivity contribution in [2.45, 2.75) is 6.54 Å². The molecular formula is C14H15Cl2N3O. The molecule has 0 spiro atoms. The van der Waals surface area contributed by atoms with Crippen LogP contribution in [0.15, 0.2) is 30.6 Å². The van der Waals surface area contributed by atoms with Crippen molar-refractivity contribution in [2.75, 3.05) is 13.6 Å². The Balaban J connectivity index is 2.02. The quantitative estimate of drug-likeness (QED) is 0.797. The van der Waals surface area contributed by atoms with Crippen molar-refractivity contribution in [2.24, 2.45) is 7.05 Å². The number of rotatable bonds is 5. The Bertz CT molecular complexity index is 625. The second-order valence-corrected chi connectivity index (χ2v) is 5.59. The Labute approximate surface area is 127 Å². The first-order chi connectivity index (χ1) is 9.45. The molecule has 106 valence electrons. The maximum absolute atomic E-state index is 12.2. The number of Topliss-reactive ketones (excluding diaryl/α,β-unsaturated/α-hetero) is 1. The fraction of sp³-hybridized carbons (Fsp3) is 0.286. The number of carbonyl (C=O) groups excluding carboxylic acids is 1. The molecule has 0 saturated carbocycles. The molecule has 0 aliphatic heterocycles. The number of aryl methyl sites for hydroxylation is 1. The number of ketones is 1. The van der Waals surface area contributed by atoms with Gasteiger partial charge in [-0.15, -0.1) is 0 Å². The van der Waals surface area contributed by atoms with E-state index in [1.165, 1.54) is 0 Å². The zero-order valence-corrected chi connectivity index (χ0v) is 12.8. The number of hydrogen-bond acceptors (Lipinski definition) is 3. The van der Waals surface area contributed by atoms with Crippen LogP contribution in [0.4, 0.5) is 0 Å². The third-order valence-electron chi connectivity index (χ3n) is 2.85. The first-order valence-electron chi connectivity index (χ1n) is 6.10. The number of nitrogens with zero attached hydrogens (tertiary/aromatic N) is 3. The summed E-state index contributed by atoms with van der Waals surface area (Å²) in [4.78, 5) is 14.1. The van der Waals surface area contributed by atoms with E-state index in [4.69, 9.17) is 23.2 Å². The maximum Gasteiger partial charge on any atom is 0.178 e. The second kappa shape index (κ2) is 6.39. The van der Waals surface area contributed by atoms with Crippen LogP contribution in [0.3, 0.4) is 0 Å². The zero-order valence-electron chi connectivity index (χ0n) is 11.3. The third-order valence-corrected chi connectivity index (χ3v) is 3.42. The minimum atomic E-state index is -0.0520. The molecular weight excluding hydrogens is 297 g/mol. The van der Waals surface area contributed by atoms with Gasteiger partial charge in [-0.25, -0.2) is 0 Å². The van der Waals surface area contributed by atoms with E-state index in [1.54, 1.807) is 29.1 Å². The lowest BCUT2D eigenvalue weighted by molar-refractivity contribution is 0.0943. The van der Waals surface area contributed by atoms with E-state index < -0.39 is 0 Å². The van der Waals surface area contributed by atoms with Gasteiger partial charge in [-0.05, 0) is 25.2 Å². The molecule has 2 rings (SSSR count). The molecule has 0 aliphatic rings.